The molecule has 2 heterocycles. The van der Waals surface area contributed by atoms with Crippen LogP contribution >= 0.6 is 0 Å². The summed E-state index contributed by atoms with van der Waals surface area (Å²) < 4.78 is 55.5. The van der Waals surface area contributed by atoms with Crippen LogP contribution in [0.3, 0.4) is 0 Å². The van der Waals surface area contributed by atoms with Gasteiger partial charge in [0.2, 0.25) is 16.1 Å². The number of rotatable bonds is 4. The standard InChI is InChI=1S/C16H18FNO7S/c1-10-8-14(16(20)24-10)25-15(19)12-9-11(2-3-13(12)17)26(21,22)18-4-6-23-7-5-18/h2-3,9-10,14H,4-8H2,1H3/t10-,14+/m0/s1. The highest BCUT2D eigenvalue weighted by Gasteiger charge is 2.36. The van der Waals surface area contributed by atoms with Crippen molar-refractivity contribution in [1.29, 1.82) is 0 Å². The molecule has 0 aromatic heterocycles. The first-order valence-electron chi connectivity index (χ1n) is 8.08. The van der Waals surface area contributed by atoms with Crippen molar-refractivity contribution >= 4 is 22.0 Å². The third kappa shape index (κ3) is 3.71. The van der Waals surface area contributed by atoms with E-state index < -0.39 is 45.6 Å². The van der Waals surface area contributed by atoms with Crippen molar-refractivity contribution in [1.82, 2.24) is 4.31 Å². The maximum absolute atomic E-state index is 14.1. The smallest absolute Gasteiger partial charge is 0.347 e. The zero-order valence-corrected chi connectivity index (χ0v) is 14.8. The second kappa shape index (κ2) is 7.29. The molecular weight excluding hydrogens is 369 g/mol. The van der Waals surface area contributed by atoms with Crippen molar-refractivity contribution in [3.8, 4) is 0 Å². The largest absolute Gasteiger partial charge is 0.460 e. The molecule has 0 spiro atoms. The molecule has 2 aliphatic rings. The summed E-state index contributed by atoms with van der Waals surface area (Å²) in [5.41, 5.74) is -0.549. The maximum Gasteiger partial charge on any atom is 0.347 e. The van der Waals surface area contributed by atoms with E-state index in [1.54, 1.807) is 6.92 Å². The highest BCUT2D eigenvalue weighted by Crippen LogP contribution is 2.23. The molecule has 0 N–H and O–H groups in total. The van der Waals surface area contributed by atoms with E-state index in [1.807, 2.05) is 0 Å². The first-order valence-corrected chi connectivity index (χ1v) is 9.52. The first kappa shape index (κ1) is 18.7. The number of morpholine rings is 1. The summed E-state index contributed by atoms with van der Waals surface area (Å²) in [6.45, 7) is 2.51. The Kier molecular flexibility index (Phi) is 5.26. The molecule has 2 fully saturated rings. The summed E-state index contributed by atoms with van der Waals surface area (Å²) in [6.07, 6.45) is -1.37. The van der Waals surface area contributed by atoms with Crippen LogP contribution in [0, 0.1) is 5.82 Å². The number of halogens is 1. The predicted octanol–water partition coefficient (Wildman–Crippen LogP) is 0.707. The lowest BCUT2D eigenvalue weighted by atomic mass is 10.2. The molecule has 0 unspecified atom stereocenters. The third-order valence-electron chi connectivity index (χ3n) is 4.14. The van der Waals surface area contributed by atoms with E-state index in [0.717, 1.165) is 18.2 Å². The van der Waals surface area contributed by atoms with Gasteiger partial charge in [-0.05, 0) is 25.1 Å². The van der Waals surface area contributed by atoms with E-state index in [4.69, 9.17) is 14.2 Å². The minimum absolute atomic E-state index is 0.165. The quantitative estimate of drug-likeness (QED) is 0.702. The van der Waals surface area contributed by atoms with E-state index in [9.17, 15) is 22.4 Å². The van der Waals surface area contributed by atoms with Crippen LogP contribution in [-0.4, -0.2) is 63.2 Å². The fraction of sp³-hybridized carbons (Fsp3) is 0.500. The number of carbonyl (C=O) groups excluding carboxylic acids is 2. The Balaban J connectivity index is 1.83. The van der Waals surface area contributed by atoms with Gasteiger partial charge in [0.15, 0.2) is 0 Å². The SMILES string of the molecule is C[C@H]1C[C@@H](OC(=O)c2cc(S(=O)(=O)N3CCOCC3)ccc2F)C(=O)O1. The van der Waals surface area contributed by atoms with Crippen molar-refractivity contribution in [3.63, 3.8) is 0 Å². The summed E-state index contributed by atoms with van der Waals surface area (Å²) in [5.74, 6) is -2.75. The van der Waals surface area contributed by atoms with Crippen molar-refractivity contribution in [2.75, 3.05) is 26.3 Å². The Morgan fingerprint density at radius 2 is 2.00 bits per heavy atom. The summed E-state index contributed by atoms with van der Waals surface area (Å²) >= 11 is 0. The molecule has 0 aliphatic carbocycles. The average Bonchev–Trinajstić information content (AvgIpc) is 2.93. The lowest BCUT2D eigenvalue weighted by molar-refractivity contribution is -0.147. The van der Waals surface area contributed by atoms with Crippen LogP contribution in [0.1, 0.15) is 23.7 Å². The molecule has 3 rings (SSSR count). The Bertz CT molecular complexity index is 820. The number of hydrogen-bond acceptors (Lipinski definition) is 7. The number of hydrogen-bond donors (Lipinski definition) is 0. The molecule has 0 amide bonds. The van der Waals surface area contributed by atoms with Crippen LogP contribution in [0.4, 0.5) is 4.39 Å². The minimum atomic E-state index is -3.89. The van der Waals surface area contributed by atoms with E-state index in [0.29, 0.717) is 0 Å². The predicted molar refractivity (Wildman–Crippen MR) is 85.4 cm³/mol. The van der Waals surface area contributed by atoms with Crippen molar-refractivity contribution in [3.05, 3.63) is 29.6 Å². The van der Waals surface area contributed by atoms with E-state index in [-0.39, 0.29) is 37.6 Å². The molecule has 10 heteroatoms. The molecular formula is C16H18FNO7S. The number of cyclic esters (lactones) is 1. The van der Waals surface area contributed by atoms with Gasteiger partial charge in [0.25, 0.3) is 0 Å². The Morgan fingerprint density at radius 1 is 1.31 bits per heavy atom. The number of sulfonamides is 1. The zero-order valence-electron chi connectivity index (χ0n) is 14.0. The number of benzene rings is 1. The van der Waals surface area contributed by atoms with Gasteiger partial charge in [0, 0.05) is 19.5 Å². The van der Waals surface area contributed by atoms with Crippen LogP contribution in [0.15, 0.2) is 23.1 Å². The topological polar surface area (TPSA) is 99.2 Å². The van der Waals surface area contributed by atoms with Gasteiger partial charge in [-0.15, -0.1) is 0 Å². The molecule has 2 aliphatic heterocycles. The lowest BCUT2D eigenvalue weighted by Gasteiger charge is -2.26. The van der Waals surface area contributed by atoms with Gasteiger partial charge in [-0.25, -0.2) is 22.4 Å². The molecule has 0 bridgehead atoms. The lowest BCUT2D eigenvalue weighted by Crippen LogP contribution is -2.40. The average molecular weight is 387 g/mol. The van der Waals surface area contributed by atoms with Gasteiger partial charge in [-0.2, -0.15) is 4.31 Å². The van der Waals surface area contributed by atoms with Gasteiger partial charge in [0.05, 0.1) is 23.7 Å². The molecule has 142 valence electrons. The van der Waals surface area contributed by atoms with Gasteiger partial charge >= 0.3 is 11.9 Å². The number of esters is 2. The summed E-state index contributed by atoms with van der Waals surface area (Å²) in [6, 6.07) is 2.90. The Labute approximate surface area is 149 Å². The molecule has 26 heavy (non-hydrogen) atoms. The van der Waals surface area contributed by atoms with Gasteiger partial charge in [-0.1, -0.05) is 0 Å². The summed E-state index contributed by atoms with van der Waals surface area (Å²) in [7, 11) is -3.89. The molecule has 1 aromatic rings. The van der Waals surface area contributed by atoms with Gasteiger partial charge in [0.1, 0.15) is 11.9 Å². The van der Waals surface area contributed by atoms with Crippen LogP contribution in [0.2, 0.25) is 0 Å². The van der Waals surface area contributed by atoms with Crippen molar-refractivity contribution in [2.45, 2.75) is 30.4 Å². The first-order chi connectivity index (χ1) is 12.3. The van der Waals surface area contributed by atoms with Crippen molar-refractivity contribution < 1.29 is 36.6 Å². The molecule has 2 saturated heterocycles. The summed E-state index contributed by atoms with van der Waals surface area (Å²) in [4.78, 5) is 23.6. The second-order valence-electron chi connectivity index (χ2n) is 6.04. The Morgan fingerprint density at radius 3 is 2.62 bits per heavy atom. The number of ether oxygens (including phenoxy) is 3. The maximum atomic E-state index is 14.1. The molecule has 0 saturated carbocycles. The molecule has 0 radical (unpaired) electrons. The summed E-state index contributed by atoms with van der Waals surface area (Å²) in [5, 5.41) is 0. The van der Waals surface area contributed by atoms with Gasteiger partial charge < -0.3 is 14.2 Å². The second-order valence-corrected chi connectivity index (χ2v) is 7.97. The van der Waals surface area contributed by atoms with Crippen LogP contribution < -0.4 is 0 Å². The highest BCUT2D eigenvalue weighted by molar-refractivity contribution is 7.89. The monoisotopic (exact) mass is 387 g/mol. The van der Waals surface area contributed by atoms with Gasteiger partial charge in [-0.3, -0.25) is 0 Å². The molecule has 8 nitrogen and oxygen atoms in total. The molecule has 2 atom stereocenters. The van der Waals surface area contributed by atoms with Crippen LogP contribution in [0.5, 0.6) is 0 Å². The van der Waals surface area contributed by atoms with E-state index >= 15 is 0 Å². The van der Waals surface area contributed by atoms with E-state index in [2.05, 4.69) is 0 Å². The third-order valence-corrected chi connectivity index (χ3v) is 6.04. The van der Waals surface area contributed by atoms with Crippen LogP contribution in [0.25, 0.3) is 0 Å². The zero-order chi connectivity index (χ0) is 18.9. The fourth-order valence-electron chi connectivity index (χ4n) is 2.77. The van der Waals surface area contributed by atoms with Crippen molar-refractivity contribution in [2.24, 2.45) is 0 Å². The number of nitrogens with zero attached hydrogens (tertiary/aromatic N) is 1. The minimum Gasteiger partial charge on any atom is -0.460 e. The Hall–Kier alpha value is -2.04. The number of carbonyl (C=O) groups is 2. The normalized spacial score (nSPS) is 24.3. The highest BCUT2D eigenvalue weighted by atomic mass is 32.2. The fourth-order valence-corrected chi connectivity index (χ4v) is 4.20. The van der Waals surface area contributed by atoms with Crippen LogP contribution in [-0.2, 0) is 29.0 Å². The molecule has 1 aromatic carbocycles. The van der Waals surface area contributed by atoms with E-state index in [1.165, 1.54) is 4.31 Å².